The van der Waals surface area contributed by atoms with Gasteiger partial charge in [0.15, 0.2) is 0 Å². The van der Waals surface area contributed by atoms with Gasteiger partial charge in [-0.3, -0.25) is 0 Å². The van der Waals surface area contributed by atoms with Crippen molar-refractivity contribution in [2.45, 2.75) is 12.8 Å². The molecule has 0 unspecified atom stereocenters. The van der Waals surface area contributed by atoms with Gasteiger partial charge in [0.05, 0.1) is 12.7 Å². The Bertz CT molecular complexity index is 478. The zero-order valence-electron chi connectivity index (χ0n) is 8.72. The summed E-state index contributed by atoms with van der Waals surface area (Å²) in [5.41, 5.74) is 0.862. The molecule has 0 radical (unpaired) electrons. The molecule has 0 amide bonds. The maximum atomic E-state index is 13.6. The number of methoxy groups -OCH3 is 1. The third-order valence-electron chi connectivity index (χ3n) is 2.57. The van der Waals surface area contributed by atoms with E-state index in [1.807, 2.05) is 0 Å². The van der Waals surface area contributed by atoms with E-state index in [0.717, 1.165) is 6.07 Å². The molecule has 0 aromatic heterocycles. The summed E-state index contributed by atoms with van der Waals surface area (Å²) in [5, 5.41) is 0. The van der Waals surface area contributed by atoms with Crippen molar-refractivity contribution in [3.8, 4) is 0 Å². The van der Waals surface area contributed by atoms with E-state index in [1.54, 1.807) is 6.08 Å². The molecular formula is C12H10F2O2. The molecule has 0 spiro atoms. The molecule has 0 N–H and O–H groups in total. The van der Waals surface area contributed by atoms with Crippen LogP contribution < -0.4 is 0 Å². The first-order valence-electron chi connectivity index (χ1n) is 4.90. The van der Waals surface area contributed by atoms with E-state index < -0.39 is 17.6 Å². The lowest BCUT2D eigenvalue weighted by Crippen LogP contribution is -2.12. The summed E-state index contributed by atoms with van der Waals surface area (Å²) < 4.78 is 31.1. The fourth-order valence-corrected chi connectivity index (χ4v) is 1.90. The maximum absolute atomic E-state index is 13.6. The summed E-state index contributed by atoms with van der Waals surface area (Å²) >= 11 is 0. The van der Waals surface area contributed by atoms with Crippen molar-refractivity contribution in [3.05, 3.63) is 41.0 Å². The van der Waals surface area contributed by atoms with Crippen LogP contribution in [0.25, 0.3) is 5.57 Å². The Labute approximate surface area is 91.5 Å². The van der Waals surface area contributed by atoms with Crippen molar-refractivity contribution in [2.75, 3.05) is 7.11 Å². The molecule has 16 heavy (non-hydrogen) atoms. The molecule has 0 saturated carbocycles. The summed E-state index contributed by atoms with van der Waals surface area (Å²) in [6.45, 7) is 0. The minimum Gasteiger partial charge on any atom is -0.465 e. The van der Waals surface area contributed by atoms with E-state index in [4.69, 9.17) is 0 Å². The van der Waals surface area contributed by atoms with Gasteiger partial charge in [-0.15, -0.1) is 0 Å². The second-order valence-electron chi connectivity index (χ2n) is 3.57. The molecule has 2 nitrogen and oxygen atoms in total. The number of rotatable bonds is 1. The van der Waals surface area contributed by atoms with Crippen LogP contribution in [0.2, 0.25) is 0 Å². The fourth-order valence-electron chi connectivity index (χ4n) is 1.90. The Balaban J connectivity index is 2.57. The summed E-state index contributed by atoms with van der Waals surface area (Å²) in [5.74, 6) is -1.93. The number of hydrogen-bond donors (Lipinski definition) is 0. The monoisotopic (exact) mass is 224 g/mol. The minimum absolute atomic E-state index is 0.166. The first kappa shape index (κ1) is 10.8. The second-order valence-corrected chi connectivity index (χ2v) is 3.57. The van der Waals surface area contributed by atoms with Gasteiger partial charge >= 0.3 is 5.97 Å². The van der Waals surface area contributed by atoms with Gasteiger partial charge in [-0.05, 0) is 24.5 Å². The SMILES string of the molecule is COC(=O)C1=CCCc2cc(F)cc(F)c21. The standard InChI is InChI=1S/C12H10F2O2/c1-16-12(15)9-4-2-3-7-5-8(13)6-10(14)11(7)9/h4-6H,2-3H2,1H3. The highest BCUT2D eigenvalue weighted by atomic mass is 19.1. The molecule has 0 heterocycles. The first-order chi connectivity index (χ1) is 7.63. The number of allylic oxidation sites excluding steroid dienone is 1. The van der Waals surface area contributed by atoms with Crippen molar-refractivity contribution in [3.63, 3.8) is 0 Å². The third-order valence-corrected chi connectivity index (χ3v) is 2.57. The number of benzene rings is 1. The van der Waals surface area contributed by atoms with Gasteiger partial charge in [-0.1, -0.05) is 6.08 Å². The van der Waals surface area contributed by atoms with E-state index in [-0.39, 0.29) is 11.1 Å². The average Bonchev–Trinajstić information content (AvgIpc) is 2.26. The zero-order chi connectivity index (χ0) is 11.7. The molecule has 1 aliphatic rings. The lowest BCUT2D eigenvalue weighted by molar-refractivity contribution is -0.133. The van der Waals surface area contributed by atoms with Crippen LogP contribution in [0, 0.1) is 11.6 Å². The Morgan fingerprint density at radius 3 is 2.81 bits per heavy atom. The fraction of sp³-hybridized carbons (Fsp3) is 0.250. The van der Waals surface area contributed by atoms with Crippen molar-refractivity contribution in [1.82, 2.24) is 0 Å². The van der Waals surface area contributed by atoms with Gasteiger partial charge < -0.3 is 4.74 Å². The van der Waals surface area contributed by atoms with E-state index >= 15 is 0 Å². The molecule has 4 heteroatoms. The highest BCUT2D eigenvalue weighted by Crippen LogP contribution is 2.30. The molecule has 0 fully saturated rings. The molecule has 1 aliphatic carbocycles. The summed E-state index contributed by atoms with van der Waals surface area (Å²) in [4.78, 5) is 11.4. The topological polar surface area (TPSA) is 26.3 Å². The van der Waals surface area contributed by atoms with E-state index in [2.05, 4.69) is 4.74 Å². The van der Waals surface area contributed by atoms with Gasteiger partial charge in [0.1, 0.15) is 11.6 Å². The number of esters is 1. The van der Waals surface area contributed by atoms with Gasteiger partial charge in [-0.25, -0.2) is 13.6 Å². The predicted octanol–water partition coefficient (Wildman–Crippen LogP) is 2.47. The predicted molar refractivity (Wildman–Crippen MR) is 54.7 cm³/mol. The van der Waals surface area contributed by atoms with Crippen molar-refractivity contribution in [2.24, 2.45) is 0 Å². The quantitative estimate of drug-likeness (QED) is 0.685. The number of carbonyl (C=O) groups excluding carboxylic acids is 1. The normalized spacial score (nSPS) is 14.1. The average molecular weight is 224 g/mol. The Hall–Kier alpha value is -1.71. The van der Waals surface area contributed by atoms with E-state index in [0.29, 0.717) is 18.4 Å². The summed E-state index contributed by atoms with van der Waals surface area (Å²) in [6.07, 6.45) is 2.74. The molecule has 0 aliphatic heterocycles. The Morgan fingerprint density at radius 1 is 1.38 bits per heavy atom. The van der Waals surface area contributed by atoms with E-state index in [1.165, 1.54) is 13.2 Å². The summed E-state index contributed by atoms with van der Waals surface area (Å²) in [7, 11) is 1.24. The van der Waals surface area contributed by atoms with Crippen LogP contribution in [0.4, 0.5) is 8.78 Å². The van der Waals surface area contributed by atoms with Crippen molar-refractivity contribution < 1.29 is 18.3 Å². The highest BCUT2D eigenvalue weighted by Gasteiger charge is 2.23. The number of fused-ring (bicyclic) bond motifs is 1. The minimum atomic E-state index is -0.716. The molecule has 2 rings (SSSR count). The van der Waals surface area contributed by atoms with Crippen LogP contribution in [0.3, 0.4) is 0 Å². The van der Waals surface area contributed by atoms with Crippen LogP contribution in [-0.4, -0.2) is 13.1 Å². The third kappa shape index (κ3) is 1.71. The van der Waals surface area contributed by atoms with Crippen LogP contribution in [-0.2, 0) is 16.0 Å². The van der Waals surface area contributed by atoms with Crippen molar-refractivity contribution >= 4 is 11.5 Å². The van der Waals surface area contributed by atoms with E-state index in [9.17, 15) is 13.6 Å². The maximum Gasteiger partial charge on any atom is 0.338 e. The number of halogens is 2. The lowest BCUT2D eigenvalue weighted by Gasteiger charge is -2.16. The lowest BCUT2D eigenvalue weighted by atomic mass is 9.90. The van der Waals surface area contributed by atoms with Gasteiger partial charge in [-0.2, -0.15) is 0 Å². The number of aryl methyl sites for hydroxylation is 1. The Morgan fingerprint density at radius 2 is 2.12 bits per heavy atom. The number of ether oxygens (including phenoxy) is 1. The van der Waals surface area contributed by atoms with Gasteiger partial charge in [0.2, 0.25) is 0 Å². The molecule has 1 aromatic carbocycles. The van der Waals surface area contributed by atoms with Crippen LogP contribution >= 0.6 is 0 Å². The molecule has 0 saturated heterocycles. The van der Waals surface area contributed by atoms with Crippen LogP contribution in [0.1, 0.15) is 17.5 Å². The second kappa shape index (κ2) is 4.04. The largest absolute Gasteiger partial charge is 0.465 e. The molecule has 0 bridgehead atoms. The summed E-state index contributed by atoms with van der Waals surface area (Å²) in [6, 6.07) is 2.04. The number of hydrogen-bond acceptors (Lipinski definition) is 2. The van der Waals surface area contributed by atoms with Crippen LogP contribution in [0.15, 0.2) is 18.2 Å². The molecule has 1 aromatic rings. The number of carbonyl (C=O) groups is 1. The molecule has 84 valence electrons. The Kier molecular flexibility index (Phi) is 2.73. The molecule has 0 atom stereocenters. The molecular weight excluding hydrogens is 214 g/mol. The van der Waals surface area contributed by atoms with Gasteiger partial charge in [0.25, 0.3) is 0 Å². The smallest absolute Gasteiger partial charge is 0.338 e. The van der Waals surface area contributed by atoms with Crippen molar-refractivity contribution in [1.29, 1.82) is 0 Å². The zero-order valence-corrected chi connectivity index (χ0v) is 8.72. The highest BCUT2D eigenvalue weighted by molar-refractivity contribution is 6.17. The van der Waals surface area contributed by atoms with Gasteiger partial charge in [0, 0.05) is 11.6 Å². The first-order valence-corrected chi connectivity index (χ1v) is 4.90. The van der Waals surface area contributed by atoms with Crippen LogP contribution in [0.5, 0.6) is 0 Å².